The molecule has 0 bridgehead atoms. The molecular formula is C13H22. The lowest BCUT2D eigenvalue weighted by molar-refractivity contribution is 0.556. The number of allylic oxidation sites excluding steroid dienone is 5. The van der Waals surface area contributed by atoms with E-state index in [2.05, 4.69) is 52.5 Å². The maximum Gasteiger partial charge on any atom is -0.0196 e. The second kappa shape index (κ2) is 6.71. The first-order valence-corrected chi connectivity index (χ1v) is 5.11. The van der Waals surface area contributed by atoms with Crippen molar-refractivity contribution in [3.8, 4) is 0 Å². The van der Waals surface area contributed by atoms with Gasteiger partial charge in [-0.15, -0.1) is 6.58 Å². The van der Waals surface area contributed by atoms with E-state index in [1.165, 1.54) is 5.57 Å². The van der Waals surface area contributed by atoms with Crippen LogP contribution in [0.15, 0.2) is 36.5 Å². The van der Waals surface area contributed by atoms with Crippen molar-refractivity contribution in [3.63, 3.8) is 0 Å². The van der Waals surface area contributed by atoms with Crippen LogP contribution in [0.2, 0.25) is 0 Å². The maximum atomic E-state index is 3.81. The van der Waals surface area contributed by atoms with Crippen molar-refractivity contribution >= 4 is 0 Å². The Hall–Kier alpha value is -0.780. The molecule has 0 aliphatic heterocycles. The minimum atomic E-state index is 0.562. The summed E-state index contributed by atoms with van der Waals surface area (Å²) in [6.45, 7) is 12.5. The summed E-state index contributed by atoms with van der Waals surface area (Å²) in [6, 6.07) is 0. The molecule has 0 spiro atoms. The molecule has 0 aliphatic rings. The van der Waals surface area contributed by atoms with Crippen LogP contribution in [0.1, 0.15) is 34.1 Å². The van der Waals surface area contributed by atoms with Crippen molar-refractivity contribution in [2.45, 2.75) is 34.1 Å². The van der Waals surface area contributed by atoms with Crippen LogP contribution in [0.4, 0.5) is 0 Å². The molecule has 0 aromatic heterocycles. The average molecular weight is 178 g/mol. The van der Waals surface area contributed by atoms with Gasteiger partial charge in [-0.05, 0) is 25.2 Å². The Bertz CT molecular complexity index is 196. The summed E-state index contributed by atoms with van der Waals surface area (Å²) in [5.74, 6) is 1.15. The Balaban J connectivity index is 4.39. The molecule has 0 aromatic rings. The van der Waals surface area contributed by atoms with Crippen LogP contribution in [0, 0.1) is 11.8 Å². The standard InChI is InChI=1S/C13H22/c1-6-9-13(8-3)10-12(5)11(4)7-2/h6-7,9-12H,2,8H2,1,3-5H3. The fourth-order valence-corrected chi connectivity index (χ4v) is 1.21. The second-order valence-corrected chi connectivity index (χ2v) is 3.55. The van der Waals surface area contributed by atoms with Gasteiger partial charge in [0, 0.05) is 0 Å². The van der Waals surface area contributed by atoms with Crippen LogP contribution in [-0.4, -0.2) is 0 Å². The molecule has 13 heavy (non-hydrogen) atoms. The van der Waals surface area contributed by atoms with E-state index in [9.17, 15) is 0 Å². The van der Waals surface area contributed by atoms with Gasteiger partial charge in [0.15, 0.2) is 0 Å². The molecule has 0 radical (unpaired) electrons. The molecule has 0 amide bonds. The van der Waals surface area contributed by atoms with Crippen molar-refractivity contribution in [3.05, 3.63) is 36.5 Å². The lowest BCUT2D eigenvalue weighted by Crippen LogP contribution is -2.02. The van der Waals surface area contributed by atoms with E-state index in [0.29, 0.717) is 11.8 Å². The molecule has 0 rings (SSSR count). The third-order valence-electron chi connectivity index (χ3n) is 2.47. The van der Waals surface area contributed by atoms with E-state index in [4.69, 9.17) is 0 Å². The molecule has 0 saturated carbocycles. The van der Waals surface area contributed by atoms with E-state index in [-0.39, 0.29) is 0 Å². The van der Waals surface area contributed by atoms with Crippen molar-refractivity contribution in [2.75, 3.05) is 0 Å². The summed E-state index contributed by atoms with van der Waals surface area (Å²) in [5.41, 5.74) is 1.42. The van der Waals surface area contributed by atoms with E-state index in [0.717, 1.165) is 6.42 Å². The topological polar surface area (TPSA) is 0 Å². The Morgan fingerprint density at radius 1 is 1.31 bits per heavy atom. The maximum absolute atomic E-state index is 3.81. The summed E-state index contributed by atoms with van der Waals surface area (Å²) in [4.78, 5) is 0. The molecule has 0 heteroatoms. The van der Waals surface area contributed by atoms with E-state index in [1.54, 1.807) is 0 Å². The monoisotopic (exact) mass is 178 g/mol. The van der Waals surface area contributed by atoms with Crippen LogP contribution >= 0.6 is 0 Å². The third kappa shape index (κ3) is 4.72. The molecule has 0 saturated heterocycles. The number of rotatable bonds is 5. The highest BCUT2D eigenvalue weighted by Gasteiger charge is 2.05. The van der Waals surface area contributed by atoms with Crippen molar-refractivity contribution in [2.24, 2.45) is 11.8 Å². The van der Waals surface area contributed by atoms with Gasteiger partial charge in [0.25, 0.3) is 0 Å². The molecule has 0 heterocycles. The summed E-state index contributed by atoms with van der Waals surface area (Å²) >= 11 is 0. The Morgan fingerprint density at radius 3 is 2.31 bits per heavy atom. The molecule has 2 atom stereocenters. The van der Waals surface area contributed by atoms with E-state index in [1.807, 2.05) is 6.08 Å². The lowest BCUT2D eigenvalue weighted by Gasteiger charge is -2.12. The Morgan fingerprint density at radius 2 is 1.92 bits per heavy atom. The Kier molecular flexibility index (Phi) is 6.30. The number of hydrogen-bond donors (Lipinski definition) is 0. The van der Waals surface area contributed by atoms with Gasteiger partial charge in [0.05, 0.1) is 0 Å². The molecule has 0 aromatic carbocycles. The van der Waals surface area contributed by atoms with Crippen molar-refractivity contribution in [1.29, 1.82) is 0 Å². The first-order chi connectivity index (χ1) is 6.15. The van der Waals surface area contributed by atoms with Gasteiger partial charge in [-0.3, -0.25) is 0 Å². The second-order valence-electron chi connectivity index (χ2n) is 3.55. The zero-order valence-corrected chi connectivity index (χ0v) is 9.38. The first-order valence-electron chi connectivity index (χ1n) is 5.11. The van der Waals surface area contributed by atoms with Gasteiger partial charge in [-0.1, -0.05) is 50.6 Å². The zero-order valence-electron chi connectivity index (χ0n) is 9.38. The summed E-state index contributed by atoms with van der Waals surface area (Å²) < 4.78 is 0. The molecule has 0 N–H and O–H groups in total. The normalized spacial score (nSPS) is 17.4. The third-order valence-corrected chi connectivity index (χ3v) is 2.47. The van der Waals surface area contributed by atoms with Crippen LogP contribution in [0.5, 0.6) is 0 Å². The smallest absolute Gasteiger partial charge is 0.0196 e. The van der Waals surface area contributed by atoms with E-state index < -0.39 is 0 Å². The lowest BCUT2D eigenvalue weighted by atomic mass is 9.93. The molecule has 0 fully saturated rings. The number of hydrogen-bond acceptors (Lipinski definition) is 0. The highest BCUT2D eigenvalue weighted by molar-refractivity contribution is 5.19. The van der Waals surface area contributed by atoms with Gasteiger partial charge < -0.3 is 0 Å². The van der Waals surface area contributed by atoms with Crippen LogP contribution in [0.25, 0.3) is 0 Å². The predicted octanol–water partition coefficient (Wildman–Crippen LogP) is 4.36. The molecular weight excluding hydrogens is 156 g/mol. The van der Waals surface area contributed by atoms with Crippen LogP contribution in [0.3, 0.4) is 0 Å². The van der Waals surface area contributed by atoms with Crippen LogP contribution in [-0.2, 0) is 0 Å². The zero-order chi connectivity index (χ0) is 10.3. The molecule has 0 nitrogen and oxygen atoms in total. The Labute approximate surface area is 83.0 Å². The summed E-state index contributed by atoms with van der Waals surface area (Å²) in [6.07, 6.45) is 9.75. The average Bonchev–Trinajstić information content (AvgIpc) is 2.15. The van der Waals surface area contributed by atoms with Crippen LogP contribution < -0.4 is 0 Å². The molecule has 2 unspecified atom stereocenters. The highest BCUT2D eigenvalue weighted by Crippen LogP contribution is 2.17. The summed E-state index contributed by atoms with van der Waals surface area (Å²) in [5, 5.41) is 0. The largest absolute Gasteiger partial charge is 0.103 e. The first kappa shape index (κ1) is 12.2. The minimum Gasteiger partial charge on any atom is -0.103 e. The van der Waals surface area contributed by atoms with Gasteiger partial charge >= 0.3 is 0 Å². The predicted molar refractivity (Wildman–Crippen MR) is 61.7 cm³/mol. The van der Waals surface area contributed by atoms with Gasteiger partial charge in [-0.25, -0.2) is 0 Å². The highest BCUT2D eigenvalue weighted by atomic mass is 14.1. The fraction of sp³-hybridized carbons (Fsp3) is 0.538. The molecule has 74 valence electrons. The summed E-state index contributed by atoms with van der Waals surface area (Å²) in [7, 11) is 0. The minimum absolute atomic E-state index is 0.562. The van der Waals surface area contributed by atoms with E-state index >= 15 is 0 Å². The van der Waals surface area contributed by atoms with Crippen molar-refractivity contribution in [1.82, 2.24) is 0 Å². The molecule has 0 aliphatic carbocycles. The van der Waals surface area contributed by atoms with Crippen molar-refractivity contribution < 1.29 is 0 Å². The van der Waals surface area contributed by atoms with Gasteiger partial charge in [0.2, 0.25) is 0 Å². The quantitative estimate of drug-likeness (QED) is 0.433. The van der Waals surface area contributed by atoms with Gasteiger partial charge in [-0.2, -0.15) is 0 Å². The SMILES string of the molecule is C=CC(C)C(C)C=C(C=CC)CC. The van der Waals surface area contributed by atoms with Gasteiger partial charge in [0.1, 0.15) is 0 Å². The fourth-order valence-electron chi connectivity index (χ4n) is 1.21.